The fourth-order valence-electron chi connectivity index (χ4n) is 6.81. The van der Waals surface area contributed by atoms with Crippen LogP contribution >= 0.6 is 0 Å². The molecule has 2 unspecified atom stereocenters. The molecule has 306 valence electrons. The number of hydrogen-bond donors (Lipinski definition) is 2. The van der Waals surface area contributed by atoms with Gasteiger partial charge >= 0.3 is 11.9 Å². The van der Waals surface area contributed by atoms with Crippen LogP contribution in [0.15, 0.2) is 176 Å². The van der Waals surface area contributed by atoms with Gasteiger partial charge in [-0.3, -0.25) is 0 Å². The van der Waals surface area contributed by atoms with Crippen molar-refractivity contribution in [2.75, 3.05) is 26.4 Å². The van der Waals surface area contributed by atoms with Gasteiger partial charge in [0.2, 0.25) is 0 Å². The third-order valence-corrected chi connectivity index (χ3v) is 10.2. The van der Waals surface area contributed by atoms with E-state index in [0.717, 1.165) is 50.1 Å². The van der Waals surface area contributed by atoms with Crippen molar-refractivity contribution in [2.24, 2.45) is 0 Å². The standard InChI is InChI=1S/C52H50O8/c1-35(2)50(55)59-33-44(53)31-57-48-27-25-42(29-46(48)39-17-11-7-12-18-39)52(5,41-23-21-38(22-24-41)37-15-9-6-10-16-37)43-26-28-49(47(30-43)40-19-13-8-14-20-40)58-32-45(54)34-60-51(56)36(3)4/h6-30,44-45,53-54H,1,3,31-34H2,2,4-5H3. The first-order valence-corrected chi connectivity index (χ1v) is 19.8. The highest BCUT2D eigenvalue weighted by molar-refractivity contribution is 5.87. The normalized spacial score (nSPS) is 12.9. The van der Waals surface area contributed by atoms with Crippen LogP contribution in [0, 0.1) is 0 Å². The molecule has 0 aliphatic rings. The summed E-state index contributed by atoms with van der Waals surface area (Å²) >= 11 is 0. The number of hydrogen-bond acceptors (Lipinski definition) is 8. The van der Waals surface area contributed by atoms with Crippen LogP contribution in [0.25, 0.3) is 33.4 Å². The third-order valence-electron chi connectivity index (χ3n) is 10.2. The molecule has 0 amide bonds. The lowest BCUT2D eigenvalue weighted by atomic mass is 9.70. The Morgan fingerprint density at radius 3 is 1.23 bits per heavy atom. The molecule has 0 bridgehead atoms. The van der Waals surface area contributed by atoms with Crippen molar-refractivity contribution in [3.63, 3.8) is 0 Å². The van der Waals surface area contributed by atoms with E-state index in [0.29, 0.717) is 11.5 Å². The second-order valence-corrected chi connectivity index (χ2v) is 14.9. The third kappa shape index (κ3) is 10.5. The molecular weight excluding hydrogens is 753 g/mol. The zero-order valence-corrected chi connectivity index (χ0v) is 34.2. The van der Waals surface area contributed by atoms with Crippen LogP contribution in [0.3, 0.4) is 0 Å². The molecule has 8 heteroatoms. The Hall–Kier alpha value is -6.74. The Labute approximate surface area is 352 Å². The second kappa shape index (κ2) is 19.8. The van der Waals surface area contributed by atoms with Crippen molar-refractivity contribution in [3.05, 3.63) is 193 Å². The molecule has 0 spiro atoms. The van der Waals surface area contributed by atoms with Gasteiger partial charge < -0.3 is 29.2 Å². The van der Waals surface area contributed by atoms with Crippen LogP contribution in [0.5, 0.6) is 11.5 Å². The monoisotopic (exact) mass is 802 g/mol. The minimum Gasteiger partial charge on any atom is -0.490 e. The fourth-order valence-corrected chi connectivity index (χ4v) is 6.81. The molecule has 6 aromatic carbocycles. The van der Waals surface area contributed by atoms with Gasteiger partial charge in [0.25, 0.3) is 0 Å². The summed E-state index contributed by atoms with van der Waals surface area (Å²) in [6, 6.07) is 50.8. The molecule has 2 N–H and O–H groups in total. The minimum atomic E-state index is -1.06. The average molecular weight is 803 g/mol. The Kier molecular flexibility index (Phi) is 14.1. The second-order valence-electron chi connectivity index (χ2n) is 14.9. The molecule has 0 radical (unpaired) electrons. The van der Waals surface area contributed by atoms with Crippen LogP contribution in [0.1, 0.15) is 37.5 Å². The highest BCUT2D eigenvalue weighted by atomic mass is 16.6. The molecule has 8 nitrogen and oxygen atoms in total. The van der Waals surface area contributed by atoms with E-state index in [-0.39, 0.29) is 37.6 Å². The van der Waals surface area contributed by atoms with E-state index in [4.69, 9.17) is 18.9 Å². The Balaban J connectivity index is 1.43. The molecule has 0 aromatic heterocycles. The predicted molar refractivity (Wildman–Crippen MR) is 236 cm³/mol. The van der Waals surface area contributed by atoms with Crippen LogP contribution in [-0.2, 0) is 24.5 Å². The summed E-state index contributed by atoms with van der Waals surface area (Å²) in [6.45, 7) is 11.8. The van der Waals surface area contributed by atoms with E-state index >= 15 is 0 Å². The van der Waals surface area contributed by atoms with Gasteiger partial charge in [0, 0.05) is 27.7 Å². The minimum absolute atomic E-state index is 0.103. The molecule has 0 saturated carbocycles. The molecule has 0 saturated heterocycles. The molecular formula is C52H50O8. The van der Waals surface area contributed by atoms with Crippen molar-refractivity contribution in [2.45, 2.75) is 38.4 Å². The molecule has 6 rings (SSSR count). The Bertz CT molecular complexity index is 2280. The van der Waals surface area contributed by atoms with Crippen molar-refractivity contribution in [1.82, 2.24) is 0 Å². The lowest BCUT2D eigenvalue weighted by Gasteiger charge is -2.33. The molecule has 0 aliphatic heterocycles. The first-order valence-electron chi connectivity index (χ1n) is 19.8. The van der Waals surface area contributed by atoms with E-state index in [1.807, 2.05) is 103 Å². The summed E-state index contributed by atoms with van der Waals surface area (Å²) in [6.07, 6.45) is -2.12. The number of aliphatic hydroxyl groups is 2. The van der Waals surface area contributed by atoms with Gasteiger partial charge in [0.15, 0.2) is 0 Å². The number of carbonyl (C=O) groups excluding carboxylic acids is 2. The highest BCUT2D eigenvalue weighted by Crippen LogP contribution is 2.45. The molecule has 0 heterocycles. The van der Waals surface area contributed by atoms with Gasteiger partial charge in [0.05, 0.1) is 0 Å². The number of ether oxygens (including phenoxy) is 4. The number of benzene rings is 6. The van der Waals surface area contributed by atoms with Crippen molar-refractivity contribution in [3.8, 4) is 44.9 Å². The van der Waals surface area contributed by atoms with Gasteiger partial charge in [-0.05, 0) is 84.0 Å². The van der Waals surface area contributed by atoms with Gasteiger partial charge in [-0.25, -0.2) is 9.59 Å². The maximum absolute atomic E-state index is 12.0. The van der Waals surface area contributed by atoms with Gasteiger partial charge in [-0.1, -0.05) is 141 Å². The van der Waals surface area contributed by atoms with E-state index < -0.39 is 29.6 Å². The lowest BCUT2D eigenvalue weighted by Crippen LogP contribution is -2.27. The van der Waals surface area contributed by atoms with E-state index in [1.54, 1.807) is 13.8 Å². The summed E-state index contributed by atoms with van der Waals surface area (Å²) in [5.41, 5.74) is 8.39. The predicted octanol–water partition coefficient (Wildman–Crippen LogP) is 9.76. The van der Waals surface area contributed by atoms with Crippen LogP contribution in [-0.4, -0.2) is 60.8 Å². The summed E-state index contributed by atoms with van der Waals surface area (Å²) < 4.78 is 22.8. The largest absolute Gasteiger partial charge is 0.490 e. The van der Waals surface area contributed by atoms with Crippen molar-refractivity contribution in [1.29, 1.82) is 0 Å². The summed E-state index contributed by atoms with van der Waals surface area (Å²) in [5, 5.41) is 21.4. The zero-order chi connectivity index (χ0) is 42.6. The highest BCUT2D eigenvalue weighted by Gasteiger charge is 2.33. The van der Waals surface area contributed by atoms with Crippen molar-refractivity contribution >= 4 is 11.9 Å². The Morgan fingerprint density at radius 1 is 0.500 bits per heavy atom. The van der Waals surface area contributed by atoms with Crippen molar-refractivity contribution < 1.29 is 38.7 Å². The maximum atomic E-state index is 12.0. The summed E-state index contributed by atoms with van der Waals surface area (Å²) in [4.78, 5) is 23.9. The lowest BCUT2D eigenvalue weighted by molar-refractivity contribution is -0.143. The van der Waals surface area contributed by atoms with Crippen LogP contribution in [0.2, 0.25) is 0 Å². The van der Waals surface area contributed by atoms with Crippen LogP contribution < -0.4 is 9.47 Å². The van der Waals surface area contributed by atoms with Gasteiger partial charge in [0.1, 0.15) is 50.1 Å². The molecule has 0 fully saturated rings. The maximum Gasteiger partial charge on any atom is 0.333 e. The topological polar surface area (TPSA) is 112 Å². The van der Waals surface area contributed by atoms with E-state index in [1.165, 1.54) is 0 Å². The quantitative estimate of drug-likeness (QED) is 0.0502. The van der Waals surface area contributed by atoms with Gasteiger partial charge in [-0.15, -0.1) is 0 Å². The molecule has 60 heavy (non-hydrogen) atoms. The first kappa shape index (κ1) is 42.9. The van der Waals surface area contributed by atoms with E-state index in [2.05, 4.69) is 68.6 Å². The number of rotatable bonds is 18. The summed E-state index contributed by atoms with van der Waals surface area (Å²) in [7, 11) is 0. The van der Waals surface area contributed by atoms with E-state index in [9.17, 15) is 19.8 Å². The Morgan fingerprint density at radius 2 is 0.850 bits per heavy atom. The molecule has 0 aliphatic carbocycles. The fraction of sp³-hybridized carbons (Fsp3) is 0.192. The molecule has 2 atom stereocenters. The number of aliphatic hydroxyl groups excluding tert-OH is 2. The molecule has 6 aromatic rings. The SMILES string of the molecule is C=C(C)C(=O)OCC(O)COc1ccc(C(C)(c2ccc(-c3ccccc3)cc2)c2ccc(OCC(O)COC(=O)C(=C)C)c(-c3ccccc3)c2)cc1-c1ccccc1. The number of carbonyl (C=O) groups is 2. The average Bonchev–Trinajstić information content (AvgIpc) is 3.29. The zero-order valence-electron chi connectivity index (χ0n) is 34.2. The number of esters is 2. The summed E-state index contributed by atoms with van der Waals surface area (Å²) in [5.74, 6) is -0.0428. The van der Waals surface area contributed by atoms with Gasteiger partial charge in [-0.2, -0.15) is 0 Å². The smallest absolute Gasteiger partial charge is 0.333 e. The first-order chi connectivity index (χ1) is 28.9. The van der Waals surface area contributed by atoms with Crippen LogP contribution in [0.4, 0.5) is 0 Å².